The highest BCUT2D eigenvalue weighted by molar-refractivity contribution is 9.10. The number of carbonyl (C=O) groups is 1. The van der Waals surface area contributed by atoms with Gasteiger partial charge < -0.3 is 4.57 Å². The second kappa shape index (κ2) is 4.97. The number of halogens is 1. The molecular weight excluding hydrogens is 304 g/mol. The quantitative estimate of drug-likeness (QED) is 0.691. The van der Waals surface area contributed by atoms with Crippen LogP contribution in [0.1, 0.15) is 15.9 Å². The first-order chi connectivity index (χ1) is 9.28. The van der Waals surface area contributed by atoms with Crippen molar-refractivity contribution in [1.82, 2.24) is 9.55 Å². The zero-order valence-corrected chi connectivity index (χ0v) is 11.7. The van der Waals surface area contributed by atoms with Crippen LogP contribution in [0.2, 0.25) is 0 Å². The predicted molar refractivity (Wildman–Crippen MR) is 78.4 cm³/mol. The van der Waals surface area contributed by atoms with Crippen LogP contribution in [-0.4, -0.2) is 15.8 Å². The van der Waals surface area contributed by atoms with Gasteiger partial charge >= 0.3 is 0 Å². The van der Waals surface area contributed by atoms with Crippen molar-refractivity contribution in [1.29, 1.82) is 0 Å². The Morgan fingerprint density at radius 1 is 1.21 bits per heavy atom. The minimum absolute atomic E-state index is 0.681. The zero-order valence-electron chi connectivity index (χ0n) is 10.1. The molecule has 3 nitrogen and oxygen atoms in total. The molecule has 0 fully saturated rings. The molecule has 1 aromatic carbocycles. The van der Waals surface area contributed by atoms with Gasteiger partial charge in [-0.25, -0.2) is 4.98 Å². The van der Waals surface area contributed by atoms with Crippen molar-refractivity contribution < 1.29 is 4.79 Å². The van der Waals surface area contributed by atoms with E-state index in [-0.39, 0.29) is 0 Å². The third-order valence-corrected chi connectivity index (χ3v) is 3.59. The number of aromatic nitrogens is 2. The summed E-state index contributed by atoms with van der Waals surface area (Å²) >= 11 is 3.42. The summed E-state index contributed by atoms with van der Waals surface area (Å²) in [5.74, 6) is 0. The fourth-order valence-electron chi connectivity index (χ4n) is 2.15. The van der Waals surface area contributed by atoms with Crippen LogP contribution in [0.5, 0.6) is 0 Å². The molecule has 0 saturated carbocycles. The van der Waals surface area contributed by atoms with Gasteiger partial charge in [-0.2, -0.15) is 0 Å². The minimum atomic E-state index is 0.681. The molecule has 4 heteroatoms. The summed E-state index contributed by atoms with van der Waals surface area (Å²) < 4.78 is 3.06. The molecule has 3 aromatic rings. The van der Waals surface area contributed by atoms with Gasteiger partial charge in [0.1, 0.15) is 5.65 Å². The number of carbonyl (C=O) groups excluding carboxylic acids is 1. The van der Waals surface area contributed by atoms with Crippen molar-refractivity contribution in [3.63, 3.8) is 0 Å². The fourth-order valence-corrected chi connectivity index (χ4v) is 2.42. The summed E-state index contributed by atoms with van der Waals surface area (Å²) in [6, 6.07) is 11.9. The smallest absolute Gasteiger partial charge is 0.152 e. The van der Waals surface area contributed by atoms with Crippen molar-refractivity contribution in [2.45, 2.75) is 6.54 Å². The summed E-state index contributed by atoms with van der Waals surface area (Å²) in [6.07, 6.45) is 4.48. The van der Waals surface area contributed by atoms with Gasteiger partial charge in [0.15, 0.2) is 6.29 Å². The molecule has 0 unspecified atom stereocenters. The molecule has 2 aromatic heterocycles. The molecule has 19 heavy (non-hydrogen) atoms. The molecule has 0 bridgehead atoms. The standard InChI is InChI=1S/C15H11BrN2O/c16-13-5-3-11(4-6-13)8-18-9-12(10-19)14-2-1-7-17-15(14)18/h1-7,9-10H,8H2. The van der Waals surface area contributed by atoms with E-state index >= 15 is 0 Å². The number of nitrogens with zero attached hydrogens (tertiary/aromatic N) is 2. The molecule has 0 spiro atoms. The second-order valence-electron chi connectivity index (χ2n) is 4.33. The van der Waals surface area contributed by atoms with Crippen LogP contribution in [0, 0.1) is 0 Å². The summed E-state index contributed by atoms with van der Waals surface area (Å²) in [5, 5.41) is 0.898. The van der Waals surface area contributed by atoms with E-state index in [4.69, 9.17) is 0 Å². The van der Waals surface area contributed by atoms with Gasteiger partial charge in [-0.1, -0.05) is 28.1 Å². The Morgan fingerprint density at radius 3 is 2.74 bits per heavy atom. The number of hydrogen-bond donors (Lipinski definition) is 0. The van der Waals surface area contributed by atoms with E-state index in [9.17, 15) is 4.79 Å². The zero-order chi connectivity index (χ0) is 13.2. The first kappa shape index (κ1) is 12.1. The fraction of sp³-hybridized carbons (Fsp3) is 0.0667. The highest BCUT2D eigenvalue weighted by Crippen LogP contribution is 2.19. The maximum Gasteiger partial charge on any atom is 0.152 e. The Hall–Kier alpha value is -1.94. The van der Waals surface area contributed by atoms with Gasteiger partial charge in [-0.15, -0.1) is 0 Å². The molecule has 0 N–H and O–H groups in total. The monoisotopic (exact) mass is 314 g/mol. The molecule has 3 rings (SSSR count). The first-order valence-electron chi connectivity index (χ1n) is 5.91. The van der Waals surface area contributed by atoms with Crippen molar-refractivity contribution in [3.8, 4) is 0 Å². The van der Waals surface area contributed by atoms with E-state index in [0.717, 1.165) is 21.8 Å². The lowest BCUT2D eigenvalue weighted by Crippen LogP contribution is -1.98. The van der Waals surface area contributed by atoms with Gasteiger partial charge in [0, 0.05) is 34.4 Å². The molecule has 0 atom stereocenters. The molecule has 94 valence electrons. The van der Waals surface area contributed by atoms with Gasteiger partial charge in [0.2, 0.25) is 0 Å². The Bertz CT molecular complexity index is 731. The van der Waals surface area contributed by atoms with Crippen molar-refractivity contribution in [2.75, 3.05) is 0 Å². The molecular formula is C15H11BrN2O. The summed E-state index contributed by atoms with van der Waals surface area (Å²) in [4.78, 5) is 15.4. The maximum absolute atomic E-state index is 11.1. The molecule has 0 aliphatic heterocycles. The highest BCUT2D eigenvalue weighted by atomic mass is 79.9. The molecule has 0 radical (unpaired) electrons. The van der Waals surface area contributed by atoms with Crippen LogP contribution in [0.4, 0.5) is 0 Å². The average molecular weight is 315 g/mol. The molecule has 0 aliphatic carbocycles. The summed E-state index contributed by atoms with van der Waals surface area (Å²) in [6.45, 7) is 0.703. The third kappa shape index (κ3) is 2.31. The Kier molecular flexibility index (Phi) is 3.17. The van der Waals surface area contributed by atoms with E-state index in [1.54, 1.807) is 6.20 Å². The normalized spacial score (nSPS) is 10.8. The maximum atomic E-state index is 11.1. The largest absolute Gasteiger partial charge is 0.327 e. The lowest BCUT2D eigenvalue weighted by Gasteiger charge is -2.04. The van der Waals surface area contributed by atoms with Gasteiger partial charge in [0.05, 0.1) is 0 Å². The van der Waals surface area contributed by atoms with E-state index in [0.29, 0.717) is 12.1 Å². The number of fused-ring (bicyclic) bond motifs is 1. The van der Waals surface area contributed by atoms with E-state index in [1.807, 2.05) is 35.0 Å². The van der Waals surface area contributed by atoms with Gasteiger partial charge in [-0.05, 0) is 29.8 Å². The first-order valence-corrected chi connectivity index (χ1v) is 6.71. The van der Waals surface area contributed by atoms with Crippen LogP contribution >= 0.6 is 15.9 Å². The van der Waals surface area contributed by atoms with Gasteiger partial charge in [-0.3, -0.25) is 4.79 Å². The predicted octanol–water partition coefficient (Wildman–Crippen LogP) is 3.66. The van der Waals surface area contributed by atoms with Crippen molar-refractivity contribution >= 4 is 33.2 Å². The molecule has 0 amide bonds. The average Bonchev–Trinajstić information content (AvgIpc) is 2.80. The number of rotatable bonds is 3. The van der Waals surface area contributed by atoms with Crippen molar-refractivity contribution in [3.05, 3.63) is 64.4 Å². The molecule has 0 saturated heterocycles. The Morgan fingerprint density at radius 2 is 2.00 bits per heavy atom. The SMILES string of the molecule is O=Cc1cn(Cc2ccc(Br)cc2)c2ncccc12. The minimum Gasteiger partial charge on any atom is -0.327 e. The lowest BCUT2D eigenvalue weighted by atomic mass is 10.2. The highest BCUT2D eigenvalue weighted by Gasteiger charge is 2.08. The van der Waals surface area contributed by atoms with Crippen LogP contribution < -0.4 is 0 Å². The van der Waals surface area contributed by atoms with Crippen LogP contribution in [0.25, 0.3) is 11.0 Å². The van der Waals surface area contributed by atoms with E-state index in [1.165, 1.54) is 5.56 Å². The van der Waals surface area contributed by atoms with Crippen LogP contribution in [-0.2, 0) is 6.54 Å². The van der Waals surface area contributed by atoms with Crippen LogP contribution in [0.3, 0.4) is 0 Å². The number of aldehydes is 1. The van der Waals surface area contributed by atoms with Gasteiger partial charge in [0.25, 0.3) is 0 Å². The summed E-state index contributed by atoms with van der Waals surface area (Å²) in [7, 11) is 0. The topological polar surface area (TPSA) is 34.9 Å². The molecule has 0 aliphatic rings. The molecule has 2 heterocycles. The van der Waals surface area contributed by atoms with E-state index in [2.05, 4.69) is 33.0 Å². The van der Waals surface area contributed by atoms with E-state index < -0.39 is 0 Å². The third-order valence-electron chi connectivity index (χ3n) is 3.06. The number of pyridine rings is 1. The Balaban J connectivity index is 2.05. The lowest BCUT2D eigenvalue weighted by molar-refractivity contribution is 0.112. The van der Waals surface area contributed by atoms with Crippen LogP contribution in [0.15, 0.2) is 53.3 Å². The van der Waals surface area contributed by atoms with Crippen molar-refractivity contribution in [2.24, 2.45) is 0 Å². The number of hydrogen-bond acceptors (Lipinski definition) is 2. The summed E-state index contributed by atoms with van der Waals surface area (Å²) in [5.41, 5.74) is 2.69. The Labute approximate surface area is 119 Å². The number of benzene rings is 1. The second-order valence-corrected chi connectivity index (χ2v) is 5.25.